The summed E-state index contributed by atoms with van der Waals surface area (Å²) in [5.74, 6) is -1.08. The molecule has 0 radical (unpaired) electrons. The van der Waals surface area contributed by atoms with Crippen LogP contribution in [-0.4, -0.2) is 18.9 Å². The van der Waals surface area contributed by atoms with Gasteiger partial charge in [0, 0.05) is 5.69 Å². The van der Waals surface area contributed by atoms with E-state index in [0.29, 0.717) is 22.7 Å². The molecule has 3 aromatic carbocycles. The normalized spacial score (nSPS) is 13.7. The van der Waals surface area contributed by atoms with Crippen LogP contribution >= 0.6 is 11.6 Å². The van der Waals surface area contributed by atoms with Crippen LogP contribution in [-0.2, 0) is 9.59 Å². The van der Waals surface area contributed by atoms with Crippen LogP contribution in [0.4, 0.5) is 15.8 Å². The van der Waals surface area contributed by atoms with Crippen LogP contribution in [0, 0.1) is 12.7 Å². The molecular formula is C24H18ClFN2O3. The highest BCUT2D eigenvalue weighted by atomic mass is 35.5. The minimum atomic E-state index is -0.535. The summed E-state index contributed by atoms with van der Waals surface area (Å²) in [7, 11) is 1.48. The minimum Gasteiger partial charge on any atom is -0.495 e. The molecule has 156 valence electrons. The molecule has 0 unspecified atom stereocenters. The Hall–Kier alpha value is -3.64. The van der Waals surface area contributed by atoms with Crippen molar-refractivity contribution in [1.29, 1.82) is 0 Å². The summed E-state index contributed by atoms with van der Waals surface area (Å²) in [5, 5.41) is 3.35. The number of halogens is 2. The Morgan fingerprint density at radius 1 is 0.968 bits per heavy atom. The van der Waals surface area contributed by atoms with Crippen LogP contribution in [0.5, 0.6) is 5.75 Å². The zero-order valence-electron chi connectivity index (χ0n) is 16.8. The molecule has 1 heterocycles. The van der Waals surface area contributed by atoms with Gasteiger partial charge in [-0.05, 0) is 60.5 Å². The molecule has 0 bridgehead atoms. The first-order valence-electron chi connectivity index (χ1n) is 9.45. The molecule has 4 rings (SSSR count). The Labute approximate surface area is 183 Å². The van der Waals surface area contributed by atoms with Crippen molar-refractivity contribution in [2.75, 3.05) is 17.3 Å². The van der Waals surface area contributed by atoms with Gasteiger partial charge in [-0.3, -0.25) is 9.59 Å². The Bertz CT molecular complexity index is 1220. The van der Waals surface area contributed by atoms with Crippen molar-refractivity contribution in [3.63, 3.8) is 0 Å². The van der Waals surface area contributed by atoms with Crippen LogP contribution in [0.3, 0.4) is 0 Å². The zero-order chi connectivity index (χ0) is 22.1. The van der Waals surface area contributed by atoms with Crippen LogP contribution in [0.25, 0.3) is 5.57 Å². The van der Waals surface area contributed by atoms with E-state index in [-0.39, 0.29) is 16.3 Å². The highest BCUT2D eigenvalue weighted by molar-refractivity contribution is 6.46. The monoisotopic (exact) mass is 436 g/mol. The molecule has 1 aliphatic rings. The van der Waals surface area contributed by atoms with Gasteiger partial charge >= 0.3 is 0 Å². The van der Waals surface area contributed by atoms with Gasteiger partial charge in [0.15, 0.2) is 0 Å². The maximum Gasteiger partial charge on any atom is 0.282 e. The lowest BCUT2D eigenvalue weighted by atomic mass is 10.0. The number of nitrogens with zero attached hydrogens (tertiary/aromatic N) is 1. The van der Waals surface area contributed by atoms with E-state index in [4.69, 9.17) is 16.3 Å². The zero-order valence-corrected chi connectivity index (χ0v) is 17.5. The number of imide groups is 1. The lowest BCUT2D eigenvalue weighted by molar-refractivity contribution is -0.120. The summed E-state index contributed by atoms with van der Waals surface area (Å²) in [4.78, 5) is 27.8. The molecule has 1 N–H and O–H groups in total. The van der Waals surface area contributed by atoms with E-state index in [1.165, 1.54) is 37.4 Å². The first kappa shape index (κ1) is 20.6. The SMILES string of the molecule is COc1ccc(N2C(=O)C(Nc3cccc(C)c3)=C(c3ccc(F)cc3)C2=O)cc1Cl. The fourth-order valence-corrected chi connectivity index (χ4v) is 3.68. The summed E-state index contributed by atoms with van der Waals surface area (Å²) in [6.45, 7) is 1.92. The number of hydrogen-bond acceptors (Lipinski definition) is 4. The van der Waals surface area contributed by atoms with Gasteiger partial charge in [-0.2, -0.15) is 0 Å². The lowest BCUT2D eigenvalue weighted by Gasteiger charge is -2.16. The number of hydrogen-bond donors (Lipinski definition) is 1. The molecule has 0 atom stereocenters. The van der Waals surface area contributed by atoms with Crippen molar-refractivity contribution >= 4 is 40.4 Å². The van der Waals surface area contributed by atoms with E-state index in [1.54, 1.807) is 18.2 Å². The number of anilines is 2. The van der Waals surface area contributed by atoms with Crippen molar-refractivity contribution in [1.82, 2.24) is 0 Å². The Morgan fingerprint density at radius 2 is 1.71 bits per heavy atom. The molecule has 7 heteroatoms. The average Bonchev–Trinajstić information content (AvgIpc) is 2.98. The summed E-state index contributed by atoms with van der Waals surface area (Å²) in [5.41, 5.74) is 2.64. The van der Waals surface area contributed by atoms with Crippen molar-refractivity contribution in [2.24, 2.45) is 0 Å². The molecular weight excluding hydrogens is 419 g/mol. The van der Waals surface area contributed by atoms with E-state index < -0.39 is 17.6 Å². The maximum atomic E-state index is 13.5. The molecule has 0 saturated carbocycles. The van der Waals surface area contributed by atoms with Gasteiger partial charge in [-0.25, -0.2) is 9.29 Å². The largest absolute Gasteiger partial charge is 0.495 e. The summed E-state index contributed by atoms with van der Waals surface area (Å²) in [6, 6.07) is 17.5. The van der Waals surface area contributed by atoms with Gasteiger partial charge in [-0.1, -0.05) is 35.9 Å². The third-order valence-electron chi connectivity index (χ3n) is 4.90. The minimum absolute atomic E-state index is 0.106. The van der Waals surface area contributed by atoms with Crippen LogP contribution in [0.1, 0.15) is 11.1 Å². The Balaban J connectivity index is 1.81. The number of methoxy groups -OCH3 is 1. The topological polar surface area (TPSA) is 58.6 Å². The number of benzene rings is 3. The van der Waals surface area contributed by atoms with E-state index in [1.807, 2.05) is 25.1 Å². The van der Waals surface area contributed by atoms with Gasteiger partial charge < -0.3 is 10.1 Å². The average molecular weight is 437 g/mol. The van der Waals surface area contributed by atoms with Crippen molar-refractivity contribution in [3.05, 3.63) is 94.4 Å². The molecule has 3 aromatic rings. The molecule has 2 amide bonds. The summed E-state index contributed by atoms with van der Waals surface area (Å²) >= 11 is 6.21. The van der Waals surface area contributed by atoms with Gasteiger partial charge in [0.25, 0.3) is 11.8 Å². The van der Waals surface area contributed by atoms with E-state index >= 15 is 0 Å². The lowest BCUT2D eigenvalue weighted by Crippen LogP contribution is -2.32. The second-order valence-electron chi connectivity index (χ2n) is 7.02. The van der Waals surface area contributed by atoms with E-state index in [9.17, 15) is 14.0 Å². The molecule has 0 aromatic heterocycles. The second-order valence-corrected chi connectivity index (χ2v) is 7.42. The van der Waals surface area contributed by atoms with Crippen molar-refractivity contribution in [3.8, 4) is 5.75 Å². The third kappa shape index (κ3) is 3.90. The molecule has 0 saturated heterocycles. The van der Waals surface area contributed by atoms with Crippen molar-refractivity contribution < 1.29 is 18.7 Å². The number of ether oxygens (including phenoxy) is 1. The fraction of sp³-hybridized carbons (Fsp3) is 0.0833. The number of nitrogens with one attached hydrogen (secondary N) is 1. The Morgan fingerprint density at radius 3 is 2.35 bits per heavy atom. The third-order valence-corrected chi connectivity index (χ3v) is 5.19. The maximum absolute atomic E-state index is 13.5. The summed E-state index contributed by atoms with van der Waals surface area (Å²) < 4.78 is 18.6. The molecule has 5 nitrogen and oxygen atoms in total. The molecule has 0 spiro atoms. The van der Waals surface area contributed by atoms with Gasteiger partial charge in [0.05, 0.1) is 23.4 Å². The van der Waals surface area contributed by atoms with Gasteiger partial charge in [0.1, 0.15) is 17.3 Å². The van der Waals surface area contributed by atoms with Gasteiger partial charge in [-0.15, -0.1) is 0 Å². The Kier molecular flexibility index (Phi) is 5.48. The first-order chi connectivity index (χ1) is 14.9. The standard InChI is InChI=1S/C24H18ClFN2O3/c1-14-4-3-5-17(12-14)27-22-21(15-6-8-16(26)9-7-15)23(29)28(24(22)30)18-10-11-20(31-2)19(25)13-18/h3-13,27H,1-2H3. The highest BCUT2D eigenvalue weighted by Gasteiger charge is 2.40. The molecule has 0 aliphatic carbocycles. The first-order valence-corrected chi connectivity index (χ1v) is 9.83. The van der Waals surface area contributed by atoms with E-state index in [2.05, 4.69) is 5.32 Å². The number of carbonyl (C=O) groups is 2. The molecule has 1 aliphatic heterocycles. The van der Waals surface area contributed by atoms with Crippen LogP contribution in [0.15, 0.2) is 72.4 Å². The van der Waals surface area contributed by atoms with Crippen LogP contribution < -0.4 is 15.0 Å². The molecule has 0 fully saturated rings. The quantitative estimate of drug-likeness (QED) is 0.559. The second kappa shape index (κ2) is 8.24. The predicted molar refractivity (Wildman–Crippen MR) is 119 cm³/mol. The van der Waals surface area contributed by atoms with Crippen molar-refractivity contribution in [2.45, 2.75) is 6.92 Å². The fourth-order valence-electron chi connectivity index (χ4n) is 3.43. The smallest absolute Gasteiger partial charge is 0.282 e. The highest BCUT2D eigenvalue weighted by Crippen LogP contribution is 2.36. The number of carbonyl (C=O) groups excluding carboxylic acids is 2. The molecule has 31 heavy (non-hydrogen) atoms. The van der Waals surface area contributed by atoms with Crippen LogP contribution in [0.2, 0.25) is 5.02 Å². The number of amides is 2. The number of aryl methyl sites for hydroxylation is 1. The summed E-state index contributed by atoms with van der Waals surface area (Å²) in [6.07, 6.45) is 0. The predicted octanol–water partition coefficient (Wildman–Crippen LogP) is 5.19. The van der Waals surface area contributed by atoms with Gasteiger partial charge in [0.2, 0.25) is 0 Å². The number of rotatable bonds is 5. The van der Waals surface area contributed by atoms with E-state index in [0.717, 1.165) is 10.5 Å².